The molecular weight excluding hydrogens is 278 g/mol. The number of amides is 2. The average Bonchev–Trinajstić information content (AvgIpc) is 2.53. The third kappa shape index (κ3) is 3.60. The van der Waals surface area contributed by atoms with E-state index in [-0.39, 0.29) is 12.0 Å². The van der Waals surface area contributed by atoms with Crippen LogP contribution in [0.1, 0.15) is 25.1 Å². The van der Waals surface area contributed by atoms with Crippen LogP contribution in [0, 0.1) is 0 Å². The van der Waals surface area contributed by atoms with Crippen molar-refractivity contribution >= 4 is 28.8 Å². The minimum Gasteiger partial charge on any atom is -0.368 e. The number of nitrogens with two attached hydrogens (primary N) is 1. The first-order valence-electron chi connectivity index (χ1n) is 6.87. The Labute approximate surface area is 129 Å². The molecule has 0 atom stereocenters. The predicted octanol–water partition coefficient (Wildman–Crippen LogP) is 2.76. The zero-order valence-corrected chi connectivity index (χ0v) is 12.8. The van der Waals surface area contributed by atoms with Crippen molar-refractivity contribution in [1.29, 1.82) is 0 Å². The third-order valence-electron chi connectivity index (χ3n) is 3.40. The number of hydrogen-bond donors (Lipinski definition) is 3. The van der Waals surface area contributed by atoms with Crippen molar-refractivity contribution in [3.63, 3.8) is 0 Å². The molecule has 1 aromatic heterocycles. The summed E-state index contributed by atoms with van der Waals surface area (Å²) in [4.78, 5) is 19.5. The lowest BCUT2D eigenvalue weighted by molar-refractivity contribution is 0.254. The van der Waals surface area contributed by atoms with E-state index in [0.29, 0.717) is 0 Å². The molecule has 6 heteroatoms. The summed E-state index contributed by atoms with van der Waals surface area (Å²) in [6.45, 7) is 3.99. The van der Waals surface area contributed by atoms with Crippen molar-refractivity contribution in [2.45, 2.75) is 13.8 Å². The molecular formula is C16H19N5O. The maximum absolute atomic E-state index is 11.4. The minimum absolute atomic E-state index is 0.250. The molecule has 0 aliphatic rings. The fraction of sp³-hybridized carbons (Fsp3) is 0.188. The molecule has 0 aliphatic carbocycles. The predicted molar refractivity (Wildman–Crippen MR) is 89.1 cm³/mol. The van der Waals surface area contributed by atoms with Crippen molar-refractivity contribution in [1.82, 2.24) is 15.3 Å². The maximum Gasteiger partial charge on any atom is 0.318 e. The Bertz CT molecular complexity index is 724. The van der Waals surface area contributed by atoms with Gasteiger partial charge in [-0.25, -0.2) is 14.8 Å². The van der Waals surface area contributed by atoms with Gasteiger partial charge in [0.05, 0.1) is 5.69 Å². The molecule has 2 amide bonds. The fourth-order valence-corrected chi connectivity index (χ4v) is 2.02. The van der Waals surface area contributed by atoms with E-state index in [9.17, 15) is 4.79 Å². The van der Waals surface area contributed by atoms with Crippen LogP contribution >= 0.6 is 0 Å². The summed E-state index contributed by atoms with van der Waals surface area (Å²) in [7, 11) is 1.58. The Balaban J connectivity index is 2.35. The van der Waals surface area contributed by atoms with Crippen molar-refractivity contribution in [2.24, 2.45) is 0 Å². The van der Waals surface area contributed by atoms with Crippen LogP contribution in [0.15, 0.2) is 36.5 Å². The molecule has 2 aromatic rings. The fourth-order valence-electron chi connectivity index (χ4n) is 2.02. The van der Waals surface area contributed by atoms with Crippen molar-refractivity contribution in [3.05, 3.63) is 47.8 Å². The van der Waals surface area contributed by atoms with Gasteiger partial charge in [0.1, 0.15) is 0 Å². The Morgan fingerprint density at radius 3 is 2.64 bits per heavy atom. The van der Waals surface area contributed by atoms with Gasteiger partial charge in [0, 0.05) is 18.9 Å². The molecule has 1 aromatic carbocycles. The summed E-state index contributed by atoms with van der Waals surface area (Å²) < 4.78 is 0. The molecule has 2 rings (SSSR count). The molecule has 6 nitrogen and oxygen atoms in total. The number of urea groups is 1. The second-order valence-corrected chi connectivity index (χ2v) is 4.84. The SMILES string of the molecule is CNC(=O)Nc1cccc(C(C)=C(C)c2ccnc(N)n2)c1. The summed E-state index contributed by atoms with van der Waals surface area (Å²) in [5.74, 6) is 0.250. The Morgan fingerprint density at radius 1 is 1.18 bits per heavy atom. The summed E-state index contributed by atoms with van der Waals surface area (Å²) >= 11 is 0. The first-order chi connectivity index (χ1) is 10.5. The van der Waals surface area contributed by atoms with Crippen LogP contribution in [0.5, 0.6) is 0 Å². The van der Waals surface area contributed by atoms with E-state index in [1.807, 2.05) is 44.2 Å². The second-order valence-electron chi connectivity index (χ2n) is 4.84. The normalized spacial score (nSPS) is 11.6. The quantitative estimate of drug-likeness (QED) is 0.812. The van der Waals surface area contributed by atoms with Crippen LogP contribution in [0.25, 0.3) is 11.1 Å². The number of nitrogen functional groups attached to an aromatic ring is 1. The van der Waals surface area contributed by atoms with E-state index >= 15 is 0 Å². The van der Waals surface area contributed by atoms with E-state index in [2.05, 4.69) is 20.6 Å². The lowest BCUT2D eigenvalue weighted by Crippen LogP contribution is -2.24. The van der Waals surface area contributed by atoms with E-state index < -0.39 is 0 Å². The van der Waals surface area contributed by atoms with Gasteiger partial charge in [0.15, 0.2) is 0 Å². The number of benzene rings is 1. The van der Waals surface area contributed by atoms with Crippen LogP contribution in [-0.2, 0) is 0 Å². The van der Waals surface area contributed by atoms with Crippen molar-refractivity contribution in [2.75, 3.05) is 18.1 Å². The van der Waals surface area contributed by atoms with Gasteiger partial charge in [-0.15, -0.1) is 0 Å². The number of nitrogens with zero attached hydrogens (tertiary/aromatic N) is 2. The highest BCUT2D eigenvalue weighted by atomic mass is 16.2. The number of rotatable bonds is 3. The first-order valence-corrected chi connectivity index (χ1v) is 6.87. The molecule has 0 saturated carbocycles. The standard InChI is InChI=1S/C16H19N5O/c1-10(11(2)14-7-8-19-15(17)21-14)12-5-4-6-13(9-12)20-16(22)18-3/h4-9H,1-3H3,(H2,17,19,21)(H2,18,20,22). The molecule has 4 N–H and O–H groups in total. The first kappa shape index (κ1) is 15.5. The molecule has 0 saturated heterocycles. The largest absolute Gasteiger partial charge is 0.368 e. The Morgan fingerprint density at radius 2 is 1.95 bits per heavy atom. The molecule has 1 heterocycles. The molecule has 0 aliphatic heterocycles. The topological polar surface area (TPSA) is 92.9 Å². The second kappa shape index (κ2) is 6.71. The smallest absolute Gasteiger partial charge is 0.318 e. The average molecular weight is 297 g/mol. The zero-order valence-electron chi connectivity index (χ0n) is 12.8. The minimum atomic E-state index is -0.251. The number of allylic oxidation sites excluding steroid dienone is 2. The number of aromatic nitrogens is 2. The lowest BCUT2D eigenvalue weighted by Gasteiger charge is -2.10. The Hall–Kier alpha value is -2.89. The van der Waals surface area contributed by atoms with E-state index in [1.165, 1.54) is 0 Å². The van der Waals surface area contributed by atoms with Gasteiger partial charge >= 0.3 is 6.03 Å². The third-order valence-corrected chi connectivity index (χ3v) is 3.40. The van der Waals surface area contributed by atoms with Crippen molar-refractivity contribution < 1.29 is 4.79 Å². The van der Waals surface area contributed by atoms with Gasteiger partial charge in [-0.3, -0.25) is 0 Å². The summed E-state index contributed by atoms with van der Waals surface area (Å²) in [5.41, 5.74) is 10.2. The number of carbonyl (C=O) groups excluding carboxylic acids is 1. The summed E-state index contributed by atoms with van der Waals surface area (Å²) in [6, 6.07) is 9.20. The number of nitrogens with one attached hydrogen (secondary N) is 2. The van der Waals surface area contributed by atoms with Crippen molar-refractivity contribution in [3.8, 4) is 0 Å². The van der Waals surface area contributed by atoms with Crippen LogP contribution in [0.4, 0.5) is 16.4 Å². The van der Waals surface area contributed by atoms with Gasteiger partial charge in [-0.05, 0) is 48.8 Å². The zero-order chi connectivity index (χ0) is 16.1. The molecule has 0 bridgehead atoms. The number of anilines is 2. The van der Waals surface area contributed by atoms with Gasteiger partial charge < -0.3 is 16.4 Å². The highest BCUT2D eigenvalue weighted by Gasteiger charge is 2.07. The van der Waals surface area contributed by atoms with E-state index in [0.717, 1.165) is 28.1 Å². The number of hydrogen-bond acceptors (Lipinski definition) is 4. The molecule has 0 unspecified atom stereocenters. The summed E-state index contributed by atoms with van der Waals surface area (Å²) in [5, 5.41) is 5.28. The highest BCUT2D eigenvalue weighted by Crippen LogP contribution is 2.26. The summed E-state index contributed by atoms with van der Waals surface area (Å²) in [6.07, 6.45) is 1.64. The molecule has 114 valence electrons. The molecule has 0 fully saturated rings. The van der Waals surface area contributed by atoms with E-state index in [1.54, 1.807) is 13.2 Å². The van der Waals surface area contributed by atoms with Gasteiger partial charge in [0.2, 0.25) is 5.95 Å². The monoisotopic (exact) mass is 297 g/mol. The maximum atomic E-state index is 11.4. The van der Waals surface area contributed by atoms with Crippen LogP contribution in [0.2, 0.25) is 0 Å². The lowest BCUT2D eigenvalue weighted by atomic mass is 10.00. The van der Waals surface area contributed by atoms with E-state index in [4.69, 9.17) is 5.73 Å². The molecule has 0 radical (unpaired) electrons. The highest BCUT2D eigenvalue weighted by molar-refractivity contribution is 5.92. The van der Waals surface area contributed by atoms with Gasteiger partial charge in [-0.1, -0.05) is 12.1 Å². The van der Waals surface area contributed by atoms with Crippen LogP contribution in [-0.4, -0.2) is 23.0 Å². The van der Waals surface area contributed by atoms with Gasteiger partial charge in [0.25, 0.3) is 0 Å². The number of carbonyl (C=O) groups is 1. The van der Waals surface area contributed by atoms with Crippen LogP contribution < -0.4 is 16.4 Å². The molecule has 22 heavy (non-hydrogen) atoms. The van der Waals surface area contributed by atoms with Gasteiger partial charge in [-0.2, -0.15) is 0 Å². The van der Waals surface area contributed by atoms with Crippen LogP contribution in [0.3, 0.4) is 0 Å². The molecule has 0 spiro atoms. The Kier molecular flexibility index (Phi) is 4.73.